The molecule has 1 saturated heterocycles. The van der Waals surface area contributed by atoms with E-state index in [0.717, 1.165) is 24.5 Å². The number of aliphatic imine (C=N–C) groups is 1. The van der Waals surface area contributed by atoms with E-state index < -0.39 is 11.7 Å². The quantitative estimate of drug-likeness (QED) is 0.398. The van der Waals surface area contributed by atoms with Crippen molar-refractivity contribution in [2.45, 2.75) is 45.4 Å². The Bertz CT molecular complexity index is 617. The van der Waals surface area contributed by atoms with Crippen molar-refractivity contribution < 1.29 is 13.9 Å². The molecule has 0 radical (unpaired) electrons. The van der Waals surface area contributed by atoms with Gasteiger partial charge in [0.2, 0.25) is 0 Å². The summed E-state index contributed by atoms with van der Waals surface area (Å²) in [7, 11) is 1.72. The molecular formula is C18H28FIN4O2. The molecule has 26 heavy (non-hydrogen) atoms. The maximum Gasteiger partial charge on any atom is 0.407 e. The number of carbonyl (C=O) groups excluding carboxylic acids is 1. The van der Waals surface area contributed by atoms with Crippen LogP contribution in [0.2, 0.25) is 0 Å². The average Bonchev–Trinajstić information content (AvgIpc) is 2.96. The van der Waals surface area contributed by atoms with Crippen LogP contribution in [0.4, 0.5) is 9.18 Å². The minimum Gasteiger partial charge on any atom is -0.444 e. The van der Waals surface area contributed by atoms with E-state index in [1.54, 1.807) is 19.2 Å². The van der Waals surface area contributed by atoms with Crippen LogP contribution >= 0.6 is 24.0 Å². The van der Waals surface area contributed by atoms with E-state index in [4.69, 9.17) is 4.74 Å². The van der Waals surface area contributed by atoms with Gasteiger partial charge < -0.3 is 20.3 Å². The van der Waals surface area contributed by atoms with Gasteiger partial charge >= 0.3 is 6.09 Å². The van der Waals surface area contributed by atoms with Crippen molar-refractivity contribution in [2.75, 3.05) is 20.1 Å². The number of halogens is 2. The fourth-order valence-corrected chi connectivity index (χ4v) is 2.66. The molecule has 1 heterocycles. The molecule has 6 nitrogen and oxygen atoms in total. The first-order valence-electron chi connectivity index (χ1n) is 8.46. The summed E-state index contributed by atoms with van der Waals surface area (Å²) in [6.07, 6.45) is 0.435. The summed E-state index contributed by atoms with van der Waals surface area (Å²) in [4.78, 5) is 18.2. The number of benzene rings is 1. The van der Waals surface area contributed by atoms with Crippen LogP contribution < -0.4 is 10.6 Å². The van der Waals surface area contributed by atoms with E-state index in [1.165, 1.54) is 12.1 Å². The predicted octanol–water partition coefficient (Wildman–Crippen LogP) is 3.12. The number of amides is 1. The number of nitrogens with one attached hydrogen (secondary N) is 2. The van der Waals surface area contributed by atoms with Gasteiger partial charge in [-0.25, -0.2) is 9.18 Å². The highest BCUT2D eigenvalue weighted by molar-refractivity contribution is 14.0. The van der Waals surface area contributed by atoms with E-state index >= 15 is 0 Å². The zero-order valence-corrected chi connectivity index (χ0v) is 18.0. The van der Waals surface area contributed by atoms with Crippen LogP contribution in [0.3, 0.4) is 0 Å². The number of ether oxygens (including phenoxy) is 1. The minimum absolute atomic E-state index is 0. The first-order chi connectivity index (χ1) is 11.8. The van der Waals surface area contributed by atoms with Gasteiger partial charge in [-0.3, -0.25) is 4.99 Å². The predicted molar refractivity (Wildman–Crippen MR) is 111 cm³/mol. The topological polar surface area (TPSA) is 66.0 Å². The Morgan fingerprint density at radius 3 is 2.58 bits per heavy atom. The third-order valence-corrected chi connectivity index (χ3v) is 3.78. The smallest absolute Gasteiger partial charge is 0.407 e. The number of hydrogen-bond acceptors (Lipinski definition) is 3. The first-order valence-corrected chi connectivity index (χ1v) is 8.46. The number of guanidine groups is 1. The third kappa shape index (κ3) is 7.35. The van der Waals surface area contributed by atoms with E-state index in [-0.39, 0.29) is 35.8 Å². The van der Waals surface area contributed by atoms with Crippen molar-refractivity contribution >= 4 is 36.0 Å². The van der Waals surface area contributed by atoms with Gasteiger partial charge in [0.1, 0.15) is 11.4 Å². The number of nitrogens with zero attached hydrogens (tertiary/aromatic N) is 2. The molecule has 0 aliphatic carbocycles. The van der Waals surface area contributed by atoms with Crippen LogP contribution in [0.15, 0.2) is 29.3 Å². The normalized spacial score (nSPS) is 17.5. The number of hydrogen-bond donors (Lipinski definition) is 2. The molecule has 1 aromatic rings. The highest BCUT2D eigenvalue weighted by atomic mass is 127. The minimum atomic E-state index is -0.505. The maximum atomic E-state index is 13.0. The lowest BCUT2D eigenvalue weighted by Crippen LogP contribution is -2.44. The second-order valence-electron chi connectivity index (χ2n) is 7.11. The summed E-state index contributed by atoms with van der Waals surface area (Å²) in [5.74, 6) is 0.515. The lowest BCUT2D eigenvalue weighted by atomic mass is 10.2. The van der Waals surface area contributed by atoms with Gasteiger partial charge in [-0.05, 0) is 44.9 Å². The lowest BCUT2D eigenvalue weighted by molar-refractivity contribution is 0.0507. The lowest BCUT2D eigenvalue weighted by Gasteiger charge is -2.23. The largest absolute Gasteiger partial charge is 0.444 e. The molecule has 0 spiro atoms. The van der Waals surface area contributed by atoms with Gasteiger partial charge in [0.25, 0.3) is 0 Å². The summed E-state index contributed by atoms with van der Waals surface area (Å²) in [6, 6.07) is 6.39. The van der Waals surface area contributed by atoms with E-state index in [0.29, 0.717) is 13.1 Å². The van der Waals surface area contributed by atoms with Gasteiger partial charge in [0, 0.05) is 26.7 Å². The van der Waals surface area contributed by atoms with Crippen molar-refractivity contribution in [2.24, 2.45) is 4.99 Å². The van der Waals surface area contributed by atoms with E-state index in [2.05, 4.69) is 20.5 Å². The molecular weight excluding hydrogens is 450 g/mol. The zero-order chi connectivity index (χ0) is 18.4. The molecule has 1 amide bonds. The summed E-state index contributed by atoms with van der Waals surface area (Å²) in [6.45, 7) is 7.55. The molecule has 1 aliphatic heterocycles. The van der Waals surface area contributed by atoms with Gasteiger partial charge in [-0.1, -0.05) is 12.1 Å². The Morgan fingerprint density at radius 1 is 1.35 bits per heavy atom. The molecule has 2 rings (SSSR count). The maximum absolute atomic E-state index is 13.0. The van der Waals surface area contributed by atoms with Crippen LogP contribution in [-0.4, -0.2) is 48.7 Å². The Morgan fingerprint density at radius 2 is 2.00 bits per heavy atom. The molecule has 2 N–H and O–H groups in total. The molecule has 1 aromatic carbocycles. The van der Waals surface area contributed by atoms with E-state index in [1.807, 2.05) is 20.8 Å². The summed E-state index contributed by atoms with van der Waals surface area (Å²) >= 11 is 0. The van der Waals surface area contributed by atoms with Crippen molar-refractivity contribution in [3.8, 4) is 0 Å². The number of rotatable bonds is 3. The van der Waals surface area contributed by atoms with Crippen molar-refractivity contribution in [3.63, 3.8) is 0 Å². The fourth-order valence-electron chi connectivity index (χ4n) is 2.66. The average molecular weight is 478 g/mol. The summed E-state index contributed by atoms with van der Waals surface area (Å²) < 4.78 is 18.2. The molecule has 0 bridgehead atoms. The fraction of sp³-hybridized carbons (Fsp3) is 0.556. The van der Waals surface area contributed by atoms with Crippen LogP contribution in [0.5, 0.6) is 0 Å². The molecule has 146 valence electrons. The Balaban J connectivity index is 0.00000338. The number of carbonyl (C=O) groups is 1. The SMILES string of the molecule is CN=C(NCc1ccc(F)cc1)N1CCC(NC(=O)OC(C)(C)C)C1.I. The summed E-state index contributed by atoms with van der Waals surface area (Å²) in [5, 5.41) is 6.17. The molecule has 1 atom stereocenters. The van der Waals surface area contributed by atoms with Gasteiger partial charge in [0.05, 0.1) is 6.04 Å². The molecule has 0 saturated carbocycles. The molecule has 8 heteroatoms. The monoisotopic (exact) mass is 478 g/mol. The highest BCUT2D eigenvalue weighted by Crippen LogP contribution is 2.12. The van der Waals surface area contributed by atoms with Crippen LogP contribution in [0.25, 0.3) is 0 Å². The van der Waals surface area contributed by atoms with Crippen LogP contribution in [0.1, 0.15) is 32.8 Å². The summed E-state index contributed by atoms with van der Waals surface area (Å²) in [5.41, 5.74) is 0.472. The van der Waals surface area contributed by atoms with Crippen molar-refractivity contribution in [1.29, 1.82) is 0 Å². The van der Waals surface area contributed by atoms with Gasteiger partial charge in [0.15, 0.2) is 5.96 Å². The van der Waals surface area contributed by atoms with Crippen LogP contribution in [0, 0.1) is 5.82 Å². The second-order valence-corrected chi connectivity index (χ2v) is 7.11. The molecule has 1 fully saturated rings. The first kappa shape index (κ1) is 22.5. The van der Waals surface area contributed by atoms with Gasteiger partial charge in [-0.15, -0.1) is 24.0 Å². The molecule has 1 aliphatic rings. The highest BCUT2D eigenvalue weighted by Gasteiger charge is 2.27. The van der Waals surface area contributed by atoms with Crippen LogP contribution in [-0.2, 0) is 11.3 Å². The third-order valence-electron chi connectivity index (χ3n) is 3.78. The van der Waals surface area contributed by atoms with Crippen molar-refractivity contribution in [1.82, 2.24) is 15.5 Å². The molecule has 1 unspecified atom stereocenters. The number of likely N-dealkylation sites (tertiary alicyclic amines) is 1. The van der Waals surface area contributed by atoms with E-state index in [9.17, 15) is 9.18 Å². The Kier molecular flexibility index (Phi) is 8.58. The van der Waals surface area contributed by atoms with Gasteiger partial charge in [-0.2, -0.15) is 0 Å². The van der Waals surface area contributed by atoms with Crippen molar-refractivity contribution in [3.05, 3.63) is 35.6 Å². The Hall–Kier alpha value is -1.58. The number of alkyl carbamates (subject to hydrolysis) is 1. The zero-order valence-electron chi connectivity index (χ0n) is 15.7. The Labute approximate surface area is 171 Å². The standard InChI is InChI=1S/C18H27FN4O2.HI/c1-18(2,3)25-17(24)22-15-9-10-23(12-15)16(20-4)21-11-13-5-7-14(19)8-6-13;/h5-8,15H,9-12H2,1-4H3,(H,20,21)(H,22,24);1H. The second kappa shape index (κ2) is 9.94. The molecule has 0 aromatic heterocycles.